The Morgan fingerprint density at radius 2 is 1.56 bits per heavy atom. The third kappa shape index (κ3) is 4.12. The number of carbonyl (C=O) groups is 1. The van der Waals surface area contributed by atoms with Crippen LogP contribution in [0, 0.1) is 6.92 Å². The van der Waals surface area contributed by atoms with Crippen molar-refractivity contribution < 1.29 is 14.5 Å². The van der Waals surface area contributed by atoms with Crippen LogP contribution in [-0.4, -0.2) is 17.4 Å². The summed E-state index contributed by atoms with van der Waals surface area (Å²) in [5.41, 5.74) is 5.43. The van der Waals surface area contributed by atoms with Crippen LogP contribution in [0.4, 0.5) is 16.2 Å². The number of amides is 2. The third-order valence-electron chi connectivity index (χ3n) is 4.21. The number of aryl methyl sites for hydroxylation is 1. The summed E-state index contributed by atoms with van der Waals surface area (Å²) in [5, 5.41) is 14.0. The maximum atomic E-state index is 12.8. The van der Waals surface area contributed by atoms with Gasteiger partial charge in [0.1, 0.15) is 13.3 Å². The molecule has 0 saturated carbocycles. The minimum atomic E-state index is -0.404. The van der Waals surface area contributed by atoms with Crippen molar-refractivity contribution in [1.29, 1.82) is 0 Å². The standard InChI is InChI=1S/C21H20N4O2/c1-16-13-14-20(26)19(24(16)2)15-22-23-21(27)25(17-9-5-3-6-10-17)18-11-7-4-8-12-18/h3-15,26H,1-2H3/p+1. The van der Waals surface area contributed by atoms with Gasteiger partial charge in [0.05, 0.1) is 11.4 Å². The summed E-state index contributed by atoms with van der Waals surface area (Å²) in [5.74, 6) is 0.0871. The predicted molar refractivity (Wildman–Crippen MR) is 105 cm³/mol. The van der Waals surface area contributed by atoms with Crippen LogP contribution in [0.5, 0.6) is 5.75 Å². The number of nitrogens with one attached hydrogen (secondary N) is 1. The summed E-state index contributed by atoms with van der Waals surface area (Å²) < 4.78 is 1.79. The molecular formula is C21H21N4O2+. The first-order chi connectivity index (χ1) is 13.1. The summed E-state index contributed by atoms with van der Waals surface area (Å²) >= 11 is 0. The molecule has 2 amide bonds. The van der Waals surface area contributed by atoms with Gasteiger partial charge in [0.2, 0.25) is 0 Å². The number of anilines is 2. The highest BCUT2D eigenvalue weighted by atomic mass is 16.3. The van der Waals surface area contributed by atoms with Gasteiger partial charge in [0, 0.05) is 13.0 Å². The monoisotopic (exact) mass is 361 g/mol. The number of urea groups is 1. The van der Waals surface area contributed by atoms with Crippen molar-refractivity contribution in [1.82, 2.24) is 5.43 Å². The summed E-state index contributed by atoms with van der Waals surface area (Å²) in [6, 6.07) is 21.6. The number of nitrogens with zero attached hydrogens (tertiary/aromatic N) is 3. The molecule has 3 rings (SSSR count). The second-order valence-electron chi connectivity index (χ2n) is 5.99. The molecule has 0 aliphatic heterocycles. The number of hydrogen-bond acceptors (Lipinski definition) is 3. The van der Waals surface area contributed by atoms with Crippen molar-refractivity contribution >= 4 is 23.6 Å². The highest BCUT2D eigenvalue weighted by Crippen LogP contribution is 2.24. The second-order valence-corrected chi connectivity index (χ2v) is 5.99. The van der Waals surface area contributed by atoms with Gasteiger partial charge in [-0.25, -0.2) is 10.2 Å². The molecule has 0 aliphatic rings. The van der Waals surface area contributed by atoms with E-state index < -0.39 is 6.03 Å². The molecular weight excluding hydrogens is 340 g/mol. The zero-order valence-electron chi connectivity index (χ0n) is 15.2. The van der Waals surface area contributed by atoms with E-state index in [9.17, 15) is 9.90 Å². The number of para-hydroxylation sites is 2. The molecule has 1 aromatic heterocycles. The Kier molecular flexibility index (Phi) is 5.47. The van der Waals surface area contributed by atoms with Crippen LogP contribution in [0.3, 0.4) is 0 Å². The van der Waals surface area contributed by atoms with E-state index in [1.165, 1.54) is 11.1 Å². The fourth-order valence-corrected chi connectivity index (χ4v) is 2.65. The number of aromatic nitrogens is 1. The van der Waals surface area contributed by atoms with E-state index in [0.717, 1.165) is 17.1 Å². The SMILES string of the molecule is Cc1ccc(O)c(/C=N/NC(=O)N(c2ccccc2)c2ccccc2)[n+]1C. The minimum absolute atomic E-state index is 0.0871. The first-order valence-corrected chi connectivity index (χ1v) is 8.50. The number of hydrogen-bond donors (Lipinski definition) is 2. The summed E-state index contributed by atoms with van der Waals surface area (Å²) in [4.78, 5) is 14.3. The third-order valence-corrected chi connectivity index (χ3v) is 4.21. The van der Waals surface area contributed by atoms with Crippen molar-refractivity contribution in [2.24, 2.45) is 12.1 Å². The molecule has 0 radical (unpaired) electrons. The Labute approximate surface area is 158 Å². The highest BCUT2D eigenvalue weighted by Gasteiger charge is 2.18. The van der Waals surface area contributed by atoms with Crippen LogP contribution in [0.2, 0.25) is 0 Å². The molecule has 2 N–H and O–H groups in total. The lowest BCUT2D eigenvalue weighted by atomic mass is 10.2. The minimum Gasteiger partial charge on any atom is -0.502 e. The fraction of sp³-hybridized carbons (Fsp3) is 0.0952. The van der Waals surface area contributed by atoms with E-state index in [2.05, 4.69) is 10.5 Å². The van der Waals surface area contributed by atoms with Crippen molar-refractivity contribution in [3.8, 4) is 5.75 Å². The van der Waals surface area contributed by atoms with Gasteiger partial charge in [0.25, 0.3) is 5.69 Å². The molecule has 0 bridgehead atoms. The first-order valence-electron chi connectivity index (χ1n) is 8.50. The highest BCUT2D eigenvalue weighted by molar-refractivity contribution is 5.99. The Hall–Kier alpha value is -3.67. The van der Waals surface area contributed by atoms with Gasteiger partial charge in [-0.2, -0.15) is 9.67 Å². The lowest BCUT2D eigenvalue weighted by Crippen LogP contribution is -2.38. The van der Waals surface area contributed by atoms with E-state index in [0.29, 0.717) is 5.69 Å². The molecule has 0 aliphatic carbocycles. The number of aromatic hydroxyl groups is 1. The smallest absolute Gasteiger partial charge is 0.346 e. The summed E-state index contributed by atoms with van der Waals surface area (Å²) in [6.45, 7) is 1.92. The van der Waals surface area contributed by atoms with E-state index in [4.69, 9.17) is 0 Å². The second kappa shape index (κ2) is 8.14. The number of carbonyl (C=O) groups excluding carboxylic acids is 1. The molecule has 0 unspecified atom stereocenters. The van der Waals surface area contributed by atoms with Gasteiger partial charge in [0.15, 0.2) is 11.4 Å². The van der Waals surface area contributed by atoms with Crippen LogP contribution in [0.1, 0.15) is 11.4 Å². The molecule has 27 heavy (non-hydrogen) atoms. The molecule has 0 spiro atoms. The number of rotatable bonds is 4. The summed E-state index contributed by atoms with van der Waals surface area (Å²) in [6.07, 6.45) is 1.42. The van der Waals surface area contributed by atoms with E-state index in [-0.39, 0.29) is 5.75 Å². The van der Waals surface area contributed by atoms with Crippen LogP contribution in [0.15, 0.2) is 77.9 Å². The molecule has 136 valence electrons. The molecule has 3 aromatic rings. The maximum Gasteiger partial charge on any atom is 0.346 e. The fourth-order valence-electron chi connectivity index (χ4n) is 2.65. The average molecular weight is 361 g/mol. The lowest BCUT2D eigenvalue weighted by Gasteiger charge is -2.22. The van der Waals surface area contributed by atoms with E-state index >= 15 is 0 Å². The molecule has 2 aromatic carbocycles. The molecule has 1 heterocycles. The molecule has 6 nitrogen and oxygen atoms in total. The Bertz CT molecular complexity index is 917. The van der Waals surface area contributed by atoms with Crippen molar-refractivity contribution in [2.75, 3.05) is 4.90 Å². The number of benzene rings is 2. The largest absolute Gasteiger partial charge is 0.502 e. The zero-order valence-corrected chi connectivity index (χ0v) is 15.2. The number of hydrazone groups is 1. The van der Waals surface area contributed by atoms with Gasteiger partial charge in [-0.15, -0.1) is 0 Å². The van der Waals surface area contributed by atoms with E-state index in [1.807, 2.05) is 74.6 Å². The first kappa shape index (κ1) is 18.1. The van der Waals surface area contributed by atoms with Crippen LogP contribution in [0.25, 0.3) is 0 Å². The Balaban J connectivity index is 1.85. The summed E-state index contributed by atoms with van der Waals surface area (Å²) in [7, 11) is 1.82. The van der Waals surface area contributed by atoms with Crippen LogP contribution in [-0.2, 0) is 7.05 Å². The van der Waals surface area contributed by atoms with Gasteiger partial charge < -0.3 is 5.11 Å². The Morgan fingerprint density at radius 1 is 1.00 bits per heavy atom. The quantitative estimate of drug-likeness (QED) is 0.425. The van der Waals surface area contributed by atoms with Crippen molar-refractivity contribution in [2.45, 2.75) is 6.92 Å². The van der Waals surface area contributed by atoms with E-state index in [1.54, 1.807) is 16.7 Å². The van der Waals surface area contributed by atoms with Gasteiger partial charge in [-0.3, -0.25) is 4.90 Å². The van der Waals surface area contributed by atoms with Gasteiger partial charge >= 0.3 is 6.03 Å². The Morgan fingerprint density at radius 3 is 2.11 bits per heavy atom. The average Bonchev–Trinajstić information content (AvgIpc) is 2.69. The molecule has 6 heteroatoms. The van der Waals surface area contributed by atoms with Gasteiger partial charge in [-0.1, -0.05) is 36.4 Å². The van der Waals surface area contributed by atoms with Crippen molar-refractivity contribution in [3.05, 3.63) is 84.2 Å². The zero-order chi connectivity index (χ0) is 19.2. The van der Waals surface area contributed by atoms with Crippen molar-refractivity contribution in [3.63, 3.8) is 0 Å². The lowest BCUT2D eigenvalue weighted by molar-refractivity contribution is -0.678. The molecule has 0 fully saturated rings. The normalized spacial score (nSPS) is 10.7. The van der Waals surface area contributed by atoms with Gasteiger partial charge in [-0.05, 0) is 30.3 Å². The predicted octanol–water partition coefficient (Wildman–Crippen LogP) is 3.41. The van der Waals surface area contributed by atoms with Crippen LogP contribution < -0.4 is 14.9 Å². The maximum absolute atomic E-state index is 12.8. The molecule has 0 atom stereocenters. The number of pyridine rings is 1. The molecule has 0 saturated heterocycles. The topological polar surface area (TPSA) is 68.8 Å². The van der Waals surface area contributed by atoms with Crippen LogP contribution >= 0.6 is 0 Å².